The molecule has 0 radical (unpaired) electrons. The van der Waals surface area contributed by atoms with Gasteiger partial charge in [-0.2, -0.15) is 0 Å². The van der Waals surface area contributed by atoms with E-state index in [0.29, 0.717) is 13.1 Å². The number of rotatable bonds is 3. The summed E-state index contributed by atoms with van der Waals surface area (Å²) in [5, 5.41) is 7.46. The summed E-state index contributed by atoms with van der Waals surface area (Å²) >= 11 is 0. The van der Waals surface area contributed by atoms with Crippen LogP contribution in [0.4, 0.5) is 0 Å². The summed E-state index contributed by atoms with van der Waals surface area (Å²) in [5.74, 6) is -1.02. The number of hydrogen-bond acceptors (Lipinski definition) is 3. The van der Waals surface area contributed by atoms with Crippen LogP contribution in [0.3, 0.4) is 0 Å². The van der Waals surface area contributed by atoms with E-state index in [4.69, 9.17) is 5.11 Å². The molecule has 1 saturated heterocycles. The average Bonchev–Trinajstić information content (AvgIpc) is 2.26. The highest BCUT2D eigenvalue weighted by molar-refractivity contribution is 7.90. The summed E-state index contributed by atoms with van der Waals surface area (Å²) in [5.41, 5.74) is 0. The monoisotopic (exact) mass is 221 g/mol. The van der Waals surface area contributed by atoms with Crippen LogP contribution in [0.1, 0.15) is 20.3 Å². The Morgan fingerprint density at radius 3 is 2.50 bits per heavy atom. The number of carboxylic acids is 1. The summed E-state index contributed by atoms with van der Waals surface area (Å²) in [4.78, 5) is 10.6. The van der Waals surface area contributed by atoms with Crippen molar-refractivity contribution in [3.05, 3.63) is 0 Å². The Morgan fingerprint density at radius 2 is 2.14 bits per heavy atom. The molecule has 0 saturated carbocycles. The van der Waals surface area contributed by atoms with E-state index in [1.54, 1.807) is 0 Å². The van der Waals surface area contributed by atoms with Crippen LogP contribution in [0.15, 0.2) is 0 Å². The zero-order valence-corrected chi connectivity index (χ0v) is 9.12. The normalized spacial score (nSPS) is 26.9. The van der Waals surface area contributed by atoms with E-state index in [9.17, 15) is 13.2 Å². The Kier molecular flexibility index (Phi) is 3.16. The lowest BCUT2D eigenvalue weighted by Crippen LogP contribution is -2.35. The predicted molar refractivity (Wildman–Crippen MR) is 51.4 cm³/mol. The third kappa shape index (κ3) is 2.06. The van der Waals surface area contributed by atoms with Crippen LogP contribution in [-0.4, -0.2) is 42.1 Å². The third-order valence-corrected chi connectivity index (χ3v) is 4.41. The summed E-state index contributed by atoms with van der Waals surface area (Å²) in [6, 6.07) is 0. The van der Waals surface area contributed by atoms with Crippen molar-refractivity contribution in [1.29, 1.82) is 0 Å². The van der Waals surface area contributed by atoms with Crippen molar-refractivity contribution in [1.82, 2.24) is 4.31 Å². The fourth-order valence-corrected chi connectivity index (χ4v) is 3.45. The molecule has 1 heterocycles. The molecule has 5 nitrogen and oxygen atoms in total. The second-order valence-electron chi connectivity index (χ2n) is 3.91. The lowest BCUT2D eigenvalue weighted by Gasteiger charge is -2.17. The maximum Gasteiger partial charge on any atom is 0.323 e. The number of hydrogen-bond donors (Lipinski definition) is 1. The fourth-order valence-electron chi connectivity index (χ4n) is 1.57. The first kappa shape index (κ1) is 11.5. The minimum absolute atomic E-state index is 0.199. The van der Waals surface area contributed by atoms with Gasteiger partial charge in [-0.15, -0.1) is 0 Å². The van der Waals surface area contributed by atoms with Crippen molar-refractivity contribution in [2.45, 2.75) is 25.5 Å². The smallest absolute Gasteiger partial charge is 0.323 e. The van der Waals surface area contributed by atoms with Crippen LogP contribution in [0.25, 0.3) is 0 Å². The van der Waals surface area contributed by atoms with Gasteiger partial charge in [-0.25, -0.2) is 12.7 Å². The number of aliphatic carboxylic acids is 1. The molecule has 0 aromatic heterocycles. The van der Waals surface area contributed by atoms with Crippen molar-refractivity contribution in [2.24, 2.45) is 5.92 Å². The molecule has 1 aliphatic heterocycles. The van der Waals surface area contributed by atoms with Crippen LogP contribution < -0.4 is 0 Å². The molecule has 0 bridgehead atoms. The van der Waals surface area contributed by atoms with Gasteiger partial charge in [0, 0.05) is 13.1 Å². The van der Waals surface area contributed by atoms with Crippen molar-refractivity contribution in [2.75, 3.05) is 13.1 Å². The lowest BCUT2D eigenvalue weighted by molar-refractivity contribution is -0.136. The number of sulfonamides is 1. The zero-order valence-electron chi connectivity index (χ0n) is 8.30. The molecule has 0 aromatic carbocycles. The number of carbonyl (C=O) groups is 1. The molecule has 1 aliphatic rings. The SMILES string of the molecule is CC(C)CN1CCC(C(=O)O)S1(=O)=O. The van der Waals surface area contributed by atoms with Gasteiger partial charge in [-0.3, -0.25) is 4.79 Å². The second kappa shape index (κ2) is 3.86. The van der Waals surface area contributed by atoms with Crippen LogP contribution in [0.2, 0.25) is 0 Å². The van der Waals surface area contributed by atoms with Gasteiger partial charge in [0.2, 0.25) is 10.0 Å². The van der Waals surface area contributed by atoms with Gasteiger partial charge < -0.3 is 5.11 Å². The van der Waals surface area contributed by atoms with Gasteiger partial charge in [0.15, 0.2) is 5.25 Å². The quantitative estimate of drug-likeness (QED) is 0.735. The summed E-state index contributed by atoms with van der Waals surface area (Å²) in [6.45, 7) is 4.55. The Hall–Kier alpha value is -0.620. The molecule has 1 N–H and O–H groups in total. The predicted octanol–water partition coefficient (Wildman–Crippen LogP) is 0.131. The standard InChI is InChI=1S/C8H15NO4S/c1-6(2)5-9-4-3-7(8(10)11)14(9,12)13/h6-7H,3-5H2,1-2H3,(H,10,11). The molecule has 1 unspecified atom stereocenters. The van der Waals surface area contributed by atoms with Crippen molar-refractivity contribution < 1.29 is 18.3 Å². The first-order valence-electron chi connectivity index (χ1n) is 4.57. The highest BCUT2D eigenvalue weighted by Crippen LogP contribution is 2.22. The van der Waals surface area contributed by atoms with E-state index in [1.165, 1.54) is 4.31 Å². The molecular weight excluding hydrogens is 206 g/mol. The lowest BCUT2D eigenvalue weighted by atomic mass is 10.2. The molecule has 14 heavy (non-hydrogen) atoms. The fraction of sp³-hybridized carbons (Fsp3) is 0.875. The van der Waals surface area contributed by atoms with Gasteiger partial charge in [0.25, 0.3) is 0 Å². The third-order valence-electron chi connectivity index (χ3n) is 2.20. The minimum Gasteiger partial charge on any atom is -0.480 e. The van der Waals surface area contributed by atoms with Gasteiger partial charge >= 0.3 is 5.97 Å². The molecule has 1 rings (SSSR count). The van der Waals surface area contributed by atoms with Crippen LogP contribution >= 0.6 is 0 Å². The van der Waals surface area contributed by atoms with E-state index in [2.05, 4.69) is 0 Å². The molecule has 0 aliphatic carbocycles. The highest BCUT2D eigenvalue weighted by atomic mass is 32.2. The van der Waals surface area contributed by atoms with Crippen LogP contribution in [-0.2, 0) is 14.8 Å². The Labute approximate surface area is 83.8 Å². The summed E-state index contributed by atoms with van der Waals surface area (Å²) in [7, 11) is -3.59. The van der Waals surface area contributed by atoms with Crippen molar-refractivity contribution in [3.63, 3.8) is 0 Å². The largest absolute Gasteiger partial charge is 0.480 e. The second-order valence-corrected chi connectivity index (χ2v) is 6.03. The van der Waals surface area contributed by atoms with Crippen LogP contribution in [0, 0.1) is 5.92 Å². The average molecular weight is 221 g/mol. The summed E-state index contributed by atoms with van der Waals surface area (Å²) in [6.07, 6.45) is 0.199. The van der Waals surface area contributed by atoms with E-state index in [1.807, 2.05) is 13.8 Å². The molecule has 1 fully saturated rings. The topological polar surface area (TPSA) is 74.7 Å². The van der Waals surface area contributed by atoms with Gasteiger partial charge in [-0.1, -0.05) is 13.8 Å². The van der Waals surface area contributed by atoms with Crippen molar-refractivity contribution in [3.8, 4) is 0 Å². The molecule has 1 atom stereocenters. The maximum absolute atomic E-state index is 11.6. The van der Waals surface area contributed by atoms with E-state index < -0.39 is 21.2 Å². The first-order valence-corrected chi connectivity index (χ1v) is 6.07. The highest BCUT2D eigenvalue weighted by Gasteiger charge is 2.43. The molecule has 82 valence electrons. The van der Waals surface area contributed by atoms with Gasteiger partial charge in [0.1, 0.15) is 0 Å². The van der Waals surface area contributed by atoms with E-state index >= 15 is 0 Å². The Bertz CT molecular complexity index is 322. The Morgan fingerprint density at radius 1 is 1.57 bits per heavy atom. The van der Waals surface area contributed by atoms with Crippen molar-refractivity contribution >= 4 is 16.0 Å². The first-order chi connectivity index (χ1) is 6.35. The van der Waals surface area contributed by atoms with Gasteiger partial charge in [0.05, 0.1) is 0 Å². The molecule has 0 spiro atoms. The molecular formula is C8H15NO4S. The number of nitrogens with zero attached hydrogens (tertiary/aromatic N) is 1. The number of carboxylic acid groups (broad SMARTS) is 1. The van der Waals surface area contributed by atoms with E-state index in [0.717, 1.165) is 0 Å². The van der Waals surface area contributed by atoms with Gasteiger partial charge in [-0.05, 0) is 12.3 Å². The maximum atomic E-state index is 11.6. The molecule has 6 heteroatoms. The molecule has 0 aromatic rings. The van der Waals surface area contributed by atoms with Crippen LogP contribution in [0.5, 0.6) is 0 Å². The Balaban J connectivity index is 2.82. The molecule has 0 amide bonds. The summed E-state index contributed by atoms with van der Waals surface area (Å²) < 4.78 is 24.5. The zero-order chi connectivity index (χ0) is 10.9. The minimum atomic E-state index is -3.59. The van der Waals surface area contributed by atoms with E-state index in [-0.39, 0.29) is 12.3 Å².